The summed E-state index contributed by atoms with van der Waals surface area (Å²) in [5.74, 6) is -0.226. The average Bonchev–Trinajstić information content (AvgIpc) is 2.80. The molecule has 2 atom stereocenters. The number of aromatic nitrogens is 1. The molecule has 5 heteroatoms. The van der Waals surface area contributed by atoms with Crippen LogP contribution in [-0.2, 0) is 0 Å². The first kappa shape index (κ1) is 12.5. The van der Waals surface area contributed by atoms with Crippen molar-refractivity contribution in [2.24, 2.45) is 5.73 Å². The van der Waals surface area contributed by atoms with Crippen molar-refractivity contribution >= 4 is 23.1 Å². The summed E-state index contributed by atoms with van der Waals surface area (Å²) in [5.41, 5.74) is 7.01. The van der Waals surface area contributed by atoms with Gasteiger partial charge in [0.05, 0.1) is 5.25 Å². The van der Waals surface area contributed by atoms with Gasteiger partial charge >= 0.3 is 0 Å². The van der Waals surface area contributed by atoms with E-state index in [1.54, 1.807) is 41.4 Å². The van der Waals surface area contributed by atoms with Crippen LogP contribution in [0.15, 0.2) is 40.2 Å². The van der Waals surface area contributed by atoms with Crippen LogP contribution in [0.1, 0.15) is 17.7 Å². The van der Waals surface area contributed by atoms with E-state index in [9.17, 15) is 4.39 Å². The fraction of sp³-hybridized carbons (Fsp3) is 0.250. The molecule has 0 aliphatic rings. The van der Waals surface area contributed by atoms with Gasteiger partial charge in [-0.2, -0.15) is 0 Å². The molecule has 17 heavy (non-hydrogen) atoms. The highest BCUT2D eigenvalue weighted by molar-refractivity contribution is 8.01. The van der Waals surface area contributed by atoms with Crippen molar-refractivity contribution < 1.29 is 4.39 Å². The van der Waals surface area contributed by atoms with Gasteiger partial charge in [0, 0.05) is 17.6 Å². The number of rotatable bonds is 4. The maximum Gasteiger partial charge on any atom is 0.150 e. The highest BCUT2D eigenvalue weighted by atomic mass is 32.2. The SMILES string of the molecule is CC(N)C(Sc1nccs1)c1ccc(F)cc1. The molecule has 2 N–H and O–H groups in total. The Morgan fingerprint density at radius 3 is 2.59 bits per heavy atom. The van der Waals surface area contributed by atoms with Crippen molar-refractivity contribution in [1.29, 1.82) is 0 Å². The molecular weight excluding hydrogens is 255 g/mol. The first-order valence-electron chi connectivity index (χ1n) is 5.24. The quantitative estimate of drug-likeness (QED) is 0.863. The monoisotopic (exact) mass is 268 g/mol. The van der Waals surface area contributed by atoms with Gasteiger partial charge in [0.15, 0.2) is 0 Å². The molecule has 90 valence electrons. The van der Waals surface area contributed by atoms with E-state index >= 15 is 0 Å². The summed E-state index contributed by atoms with van der Waals surface area (Å²) in [5, 5.41) is 2.03. The van der Waals surface area contributed by atoms with Gasteiger partial charge in [0.25, 0.3) is 0 Å². The van der Waals surface area contributed by atoms with Crippen LogP contribution < -0.4 is 5.73 Å². The van der Waals surface area contributed by atoms with E-state index in [2.05, 4.69) is 4.98 Å². The van der Waals surface area contributed by atoms with Crippen molar-refractivity contribution in [3.05, 3.63) is 47.2 Å². The average molecular weight is 268 g/mol. The predicted molar refractivity (Wildman–Crippen MR) is 70.8 cm³/mol. The highest BCUT2D eigenvalue weighted by Crippen LogP contribution is 2.37. The van der Waals surface area contributed by atoms with Crippen molar-refractivity contribution in [2.75, 3.05) is 0 Å². The molecule has 0 bridgehead atoms. The summed E-state index contributed by atoms with van der Waals surface area (Å²) in [6.07, 6.45) is 1.77. The van der Waals surface area contributed by atoms with E-state index in [0.29, 0.717) is 0 Å². The Hall–Kier alpha value is -0.910. The molecule has 0 amide bonds. The smallest absolute Gasteiger partial charge is 0.150 e. The highest BCUT2D eigenvalue weighted by Gasteiger charge is 2.18. The third-order valence-corrected chi connectivity index (χ3v) is 4.72. The topological polar surface area (TPSA) is 38.9 Å². The molecule has 2 rings (SSSR count). The number of nitrogens with two attached hydrogens (primary N) is 1. The van der Waals surface area contributed by atoms with Gasteiger partial charge < -0.3 is 5.73 Å². The van der Waals surface area contributed by atoms with Crippen LogP contribution in [0.4, 0.5) is 4.39 Å². The lowest BCUT2D eigenvalue weighted by molar-refractivity contribution is 0.625. The summed E-state index contributed by atoms with van der Waals surface area (Å²) in [4.78, 5) is 4.23. The van der Waals surface area contributed by atoms with Gasteiger partial charge in [-0.25, -0.2) is 9.37 Å². The number of hydrogen-bond donors (Lipinski definition) is 1. The lowest BCUT2D eigenvalue weighted by atomic mass is 10.1. The second-order valence-electron chi connectivity index (χ2n) is 3.75. The van der Waals surface area contributed by atoms with Crippen LogP contribution in [-0.4, -0.2) is 11.0 Å². The Kier molecular flexibility index (Phi) is 4.15. The fourth-order valence-corrected chi connectivity index (χ4v) is 3.42. The molecule has 0 radical (unpaired) electrons. The van der Waals surface area contributed by atoms with Crippen molar-refractivity contribution in [3.63, 3.8) is 0 Å². The first-order chi connectivity index (χ1) is 8.16. The van der Waals surface area contributed by atoms with E-state index in [0.717, 1.165) is 9.90 Å². The minimum atomic E-state index is -0.226. The molecule has 1 aromatic heterocycles. The van der Waals surface area contributed by atoms with Crippen LogP contribution in [0.3, 0.4) is 0 Å². The molecular formula is C12H13FN2S2. The Bertz CT molecular complexity index is 454. The summed E-state index contributed by atoms with van der Waals surface area (Å²) in [6, 6.07) is 6.48. The summed E-state index contributed by atoms with van der Waals surface area (Å²) in [6.45, 7) is 1.95. The normalized spacial score (nSPS) is 14.5. The van der Waals surface area contributed by atoms with Crippen molar-refractivity contribution in [2.45, 2.75) is 22.6 Å². The molecule has 1 aromatic carbocycles. The molecule has 0 fully saturated rings. The fourth-order valence-electron chi connectivity index (χ4n) is 1.51. The van der Waals surface area contributed by atoms with Gasteiger partial charge in [0.2, 0.25) is 0 Å². The summed E-state index contributed by atoms with van der Waals surface area (Å²) in [7, 11) is 0. The minimum Gasteiger partial charge on any atom is -0.327 e. The summed E-state index contributed by atoms with van der Waals surface area (Å²) >= 11 is 3.21. The van der Waals surface area contributed by atoms with E-state index in [1.807, 2.05) is 12.3 Å². The van der Waals surface area contributed by atoms with Gasteiger partial charge in [-0.1, -0.05) is 23.9 Å². The maximum absolute atomic E-state index is 12.9. The van der Waals surface area contributed by atoms with Crippen LogP contribution in [0.25, 0.3) is 0 Å². The number of thioether (sulfide) groups is 1. The molecule has 0 saturated carbocycles. The van der Waals surface area contributed by atoms with E-state index in [-0.39, 0.29) is 17.1 Å². The van der Waals surface area contributed by atoms with Crippen LogP contribution >= 0.6 is 23.1 Å². The third-order valence-electron chi connectivity index (χ3n) is 2.31. The second kappa shape index (κ2) is 5.62. The molecule has 2 nitrogen and oxygen atoms in total. The number of benzene rings is 1. The molecule has 0 spiro atoms. The van der Waals surface area contributed by atoms with E-state index < -0.39 is 0 Å². The largest absolute Gasteiger partial charge is 0.327 e. The van der Waals surface area contributed by atoms with Gasteiger partial charge in [-0.15, -0.1) is 11.3 Å². The minimum absolute atomic E-state index is 0.0191. The number of thiazole rings is 1. The zero-order chi connectivity index (χ0) is 12.3. The maximum atomic E-state index is 12.9. The van der Waals surface area contributed by atoms with E-state index in [4.69, 9.17) is 5.73 Å². The second-order valence-corrected chi connectivity index (χ2v) is 6.03. The van der Waals surface area contributed by atoms with Crippen LogP contribution in [0.2, 0.25) is 0 Å². The lowest BCUT2D eigenvalue weighted by Gasteiger charge is -2.19. The zero-order valence-corrected chi connectivity index (χ0v) is 11.0. The molecule has 2 unspecified atom stereocenters. The molecule has 0 aliphatic carbocycles. The van der Waals surface area contributed by atoms with Gasteiger partial charge in [-0.05, 0) is 24.6 Å². The van der Waals surface area contributed by atoms with Crippen LogP contribution in [0, 0.1) is 5.82 Å². The van der Waals surface area contributed by atoms with Crippen LogP contribution in [0.5, 0.6) is 0 Å². The first-order valence-corrected chi connectivity index (χ1v) is 7.00. The predicted octanol–water partition coefficient (Wildman–Crippen LogP) is 3.46. The molecule has 0 saturated heterocycles. The Labute approximate surface area is 108 Å². The number of nitrogens with zero attached hydrogens (tertiary/aromatic N) is 1. The third kappa shape index (κ3) is 3.28. The molecule has 0 aliphatic heterocycles. The number of hydrogen-bond acceptors (Lipinski definition) is 4. The van der Waals surface area contributed by atoms with Gasteiger partial charge in [0.1, 0.15) is 10.2 Å². The molecule has 1 heterocycles. The standard InChI is InChI=1S/C12H13FN2S2/c1-8(14)11(17-12-15-6-7-16-12)9-2-4-10(13)5-3-9/h2-8,11H,14H2,1H3. The summed E-state index contributed by atoms with van der Waals surface area (Å²) < 4.78 is 13.9. The Morgan fingerprint density at radius 2 is 2.06 bits per heavy atom. The van der Waals surface area contributed by atoms with E-state index in [1.165, 1.54) is 12.1 Å². The van der Waals surface area contributed by atoms with Crippen molar-refractivity contribution in [3.8, 4) is 0 Å². The van der Waals surface area contributed by atoms with Crippen molar-refractivity contribution in [1.82, 2.24) is 4.98 Å². The van der Waals surface area contributed by atoms with Gasteiger partial charge in [-0.3, -0.25) is 0 Å². The Balaban J connectivity index is 2.20. The number of halogens is 1. The zero-order valence-electron chi connectivity index (χ0n) is 9.34. The molecule has 2 aromatic rings. The Morgan fingerprint density at radius 1 is 1.35 bits per heavy atom. The lowest BCUT2D eigenvalue weighted by Crippen LogP contribution is -2.22.